The largest absolute Gasteiger partial charge is 0.371 e. The summed E-state index contributed by atoms with van der Waals surface area (Å²) >= 11 is 0. The lowest BCUT2D eigenvalue weighted by molar-refractivity contribution is -0.119. The molecular formula is C15H22FN3O. The Balaban J connectivity index is 2.09. The van der Waals surface area contributed by atoms with Gasteiger partial charge in [-0.1, -0.05) is 0 Å². The second kappa shape index (κ2) is 6.22. The number of halogens is 1. The van der Waals surface area contributed by atoms with Crippen molar-refractivity contribution in [1.29, 1.82) is 0 Å². The third kappa shape index (κ3) is 3.48. The summed E-state index contributed by atoms with van der Waals surface area (Å²) in [7, 11) is 0. The molecule has 0 saturated carbocycles. The molecule has 1 aliphatic heterocycles. The molecule has 0 radical (unpaired) electrons. The number of carbonyl (C=O) groups is 1. The SMILES string of the molecule is C[C@@H](N)c1cc(F)ccc1N1CCC(CC(N)=O)CC1. The summed E-state index contributed by atoms with van der Waals surface area (Å²) in [5, 5.41) is 0. The number of nitrogens with zero attached hydrogens (tertiary/aromatic N) is 1. The summed E-state index contributed by atoms with van der Waals surface area (Å²) in [6, 6.07) is 4.57. The summed E-state index contributed by atoms with van der Waals surface area (Å²) in [5.41, 5.74) is 13.0. The van der Waals surface area contributed by atoms with E-state index in [9.17, 15) is 9.18 Å². The van der Waals surface area contributed by atoms with Gasteiger partial charge in [-0.2, -0.15) is 0 Å². The fraction of sp³-hybridized carbons (Fsp3) is 0.533. The van der Waals surface area contributed by atoms with Crippen molar-refractivity contribution >= 4 is 11.6 Å². The predicted octanol–water partition coefficient (Wildman–Crippen LogP) is 1.94. The van der Waals surface area contributed by atoms with Crippen LogP contribution in [0.2, 0.25) is 0 Å². The molecule has 1 heterocycles. The molecule has 4 nitrogen and oxygen atoms in total. The van der Waals surface area contributed by atoms with E-state index in [1.807, 2.05) is 6.92 Å². The molecule has 20 heavy (non-hydrogen) atoms. The van der Waals surface area contributed by atoms with Crippen molar-refractivity contribution in [3.05, 3.63) is 29.6 Å². The number of hydrogen-bond acceptors (Lipinski definition) is 3. The van der Waals surface area contributed by atoms with Crippen molar-refractivity contribution in [2.24, 2.45) is 17.4 Å². The number of benzene rings is 1. The first-order valence-electron chi connectivity index (χ1n) is 7.05. The maximum absolute atomic E-state index is 13.4. The van der Waals surface area contributed by atoms with Crippen LogP contribution in [-0.4, -0.2) is 19.0 Å². The fourth-order valence-corrected chi connectivity index (χ4v) is 2.84. The van der Waals surface area contributed by atoms with Crippen LogP contribution in [0.5, 0.6) is 0 Å². The quantitative estimate of drug-likeness (QED) is 0.884. The topological polar surface area (TPSA) is 72.3 Å². The highest BCUT2D eigenvalue weighted by molar-refractivity contribution is 5.74. The van der Waals surface area contributed by atoms with Gasteiger partial charge in [-0.05, 0) is 49.4 Å². The van der Waals surface area contributed by atoms with E-state index >= 15 is 0 Å². The third-order valence-electron chi connectivity index (χ3n) is 3.93. The zero-order chi connectivity index (χ0) is 14.7. The Morgan fingerprint density at radius 3 is 2.65 bits per heavy atom. The summed E-state index contributed by atoms with van der Waals surface area (Å²) in [5.74, 6) is -0.130. The molecule has 0 aromatic heterocycles. The molecule has 0 bridgehead atoms. The van der Waals surface area contributed by atoms with Crippen LogP contribution in [0.25, 0.3) is 0 Å². The van der Waals surface area contributed by atoms with E-state index in [0.29, 0.717) is 12.3 Å². The zero-order valence-corrected chi connectivity index (χ0v) is 11.8. The Morgan fingerprint density at radius 1 is 1.45 bits per heavy atom. The van der Waals surface area contributed by atoms with Gasteiger partial charge < -0.3 is 16.4 Å². The fourth-order valence-electron chi connectivity index (χ4n) is 2.84. The number of hydrogen-bond donors (Lipinski definition) is 2. The average molecular weight is 279 g/mol. The van der Waals surface area contributed by atoms with Crippen LogP contribution in [0, 0.1) is 11.7 Å². The minimum absolute atomic E-state index is 0.205. The van der Waals surface area contributed by atoms with Crippen LogP contribution in [-0.2, 0) is 4.79 Å². The van der Waals surface area contributed by atoms with Gasteiger partial charge in [-0.25, -0.2) is 4.39 Å². The number of primary amides is 1. The second-order valence-corrected chi connectivity index (χ2v) is 5.59. The summed E-state index contributed by atoms with van der Waals surface area (Å²) in [4.78, 5) is 13.2. The Hall–Kier alpha value is -1.62. The molecule has 0 unspecified atom stereocenters. The average Bonchev–Trinajstić information content (AvgIpc) is 2.39. The molecule has 1 amide bonds. The van der Waals surface area contributed by atoms with Gasteiger partial charge in [0.05, 0.1) is 0 Å². The van der Waals surface area contributed by atoms with Crippen molar-refractivity contribution in [2.45, 2.75) is 32.2 Å². The molecule has 1 fully saturated rings. The number of anilines is 1. The van der Waals surface area contributed by atoms with Crippen LogP contribution in [0.4, 0.5) is 10.1 Å². The smallest absolute Gasteiger partial charge is 0.217 e. The van der Waals surface area contributed by atoms with Gasteiger partial charge in [-0.3, -0.25) is 4.79 Å². The number of carbonyl (C=O) groups excluding carboxylic acids is 1. The van der Waals surface area contributed by atoms with E-state index in [-0.39, 0.29) is 17.8 Å². The molecule has 1 atom stereocenters. The number of amides is 1. The van der Waals surface area contributed by atoms with E-state index in [1.54, 1.807) is 6.07 Å². The van der Waals surface area contributed by atoms with E-state index < -0.39 is 0 Å². The molecule has 1 aromatic carbocycles. The Bertz CT molecular complexity index is 482. The third-order valence-corrected chi connectivity index (χ3v) is 3.93. The molecule has 0 spiro atoms. The van der Waals surface area contributed by atoms with E-state index in [4.69, 9.17) is 11.5 Å². The van der Waals surface area contributed by atoms with Crippen LogP contribution in [0.15, 0.2) is 18.2 Å². The molecule has 110 valence electrons. The van der Waals surface area contributed by atoms with Gasteiger partial charge in [0.15, 0.2) is 0 Å². The Kier molecular flexibility index (Phi) is 4.60. The normalized spacial score (nSPS) is 18.1. The maximum atomic E-state index is 13.4. The van der Waals surface area contributed by atoms with Gasteiger partial charge in [0.25, 0.3) is 0 Å². The van der Waals surface area contributed by atoms with Crippen molar-refractivity contribution in [3.63, 3.8) is 0 Å². The predicted molar refractivity (Wildman–Crippen MR) is 77.8 cm³/mol. The highest BCUT2D eigenvalue weighted by Crippen LogP contribution is 2.30. The lowest BCUT2D eigenvalue weighted by Gasteiger charge is -2.35. The van der Waals surface area contributed by atoms with Gasteiger partial charge >= 0.3 is 0 Å². The minimum Gasteiger partial charge on any atom is -0.371 e. The monoisotopic (exact) mass is 279 g/mol. The Morgan fingerprint density at radius 2 is 2.10 bits per heavy atom. The molecule has 5 heteroatoms. The maximum Gasteiger partial charge on any atom is 0.217 e. The highest BCUT2D eigenvalue weighted by atomic mass is 19.1. The lowest BCUT2D eigenvalue weighted by Crippen LogP contribution is -2.36. The van der Waals surface area contributed by atoms with Crippen LogP contribution >= 0.6 is 0 Å². The summed E-state index contributed by atoms with van der Waals surface area (Å²) < 4.78 is 13.4. The van der Waals surface area contributed by atoms with Gasteiger partial charge in [0, 0.05) is 31.2 Å². The summed E-state index contributed by atoms with van der Waals surface area (Å²) in [6.07, 6.45) is 2.31. The molecule has 1 aromatic rings. The minimum atomic E-state index is -0.260. The number of rotatable bonds is 4. The molecule has 1 saturated heterocycles. The highest BCUT2D eigenvalue weighted by Gasteiger charge is 2.23. The number of nitrogens with two attached hydrogens (primary N) is 2. The molecular weight excluding hydrogens is 257 g/mol. The molecule has 4 N–H and O–H groups in total. The number of piperidine rings is 1. The second-order valence-electron chi connectivity index (χ2n) is 5.59. The molecule has 1 aliphatic rings. The lowest BCUT2D eigenvalue weighted by atomic mass is 9.92. The van der Waals surface area contributed by atoms with Gasteiger partial charge in [0.1, 0.15) is 5.82 Å². The van der Waals surface area contributed by atoms with E-state index in [2.05, 4.69) is 4.90 Å². The molecule has 0 aliphatic carbocycles. The summed E-state index contributed by atoms with van der Waals surface area (Å²) in [6.45, 7) is 3.56. The zero-order valence-electron chi connectivity index (χ0n) is 11.8. The van der Waals surface area contributed by atoms with Crippen LogP contribution in [0.1, 0.15) is 37.8 Å². The van der Waals surface area contributed by atoms with Crippen LogP contribution < -0.4 is 16.4 Å². The first-order chi connectivity index (χ1) is 9.47. The standard InChI is InChI=1S/C15H22FN3O/c1-10(17)13-9-12(16)2-3-14(13)19-6-4-11(5-7-19)8-15(18)20/h2-3,9-11H,4-8,17H2,1H3,(H2,18,20)/t10-/m1/s1. The Labute approximate surface area is 118 Å². The van der Waals surface area contributed by atoms with E-state index in [0.717, 1.165) is 37.2 Å². The van der Waals surface area contributed by atoms with E-state index in [1.165, 1.54) is 12.1 Å². The van der Waals surface area contributed by atoms with Crippen molar-refractivity contribution in [3.8, 4) is 0 Å². The van der Waals surface area contributed by atoms with Crippen molar-refractivity contribution in [1.82, 2.24) is 0 Å². The van der Waals surface area contributed by atoms with Gasteiger partial charge in [0.2, 0.25) is 5.91 Å². The molecule has 2 rings (SSSR count). The van der Waals surface area contributed by atoms with Crippen molar-refractivity contribution < 1.29 is 9.18 Å². The van der Waals surface area contributed by atoms with Gasteiger partial charge in [-0.15, -0.1) is 0 Å². The first-order valence-corrected chi connectivity index (χ1v) is 7.05. The first kappa shape index (κ1) is 14.8. The van der Waals surface area contributed by atoms with Crippen LogP contribution in [0.3, 0.4) is 0 Å². The van der Waals surface area contributed by atoms with Crippen molar-refractivity contribution in [2.75, 3.05) is 18.0 Å².